The first kappa shape index (κ1) is 20.2. The summed E-state index contributed by atoms with van der Waals surface area (Å²) in [6.45, 7) is 1.77. The number of halogens is 2. The van der Waals surface area contributed by atoms with Crippen molar-refractivity contribution in [3.63, 3.8) is 0 Å². The molecule has 1 saturated heterocycles. The summed E-state index contributed by atoms with van der Waals surface area (Å²) >= 11 is 12.5. The van der Waals surface area contributed by atoms with Crippen molar-refractivity contribution in [1.29, 1.82) is 0 Å². The predicted molar refractivity (Wildman–Crippen MR) is 118 cm³/mol. The van der Waals surface area contributed by atoms with Crippen LogP contribution in [-0.4, -0.2) is 29.7 Å². The molecule has 0 aliphatic carbocycles. The summed E-state index contributed by atoms with van der Waals surface area (Å²) in [5.74, 6) is -0.139. The quantitative estimate of drug-likeness (QED) is 0.723. The van der Waals surface area contributed by atoms with Gasteiger partial charge in [-0.05, 0) is 42.7 Å². The Bertz CT molecular complexity index is 892. The number of para-hydroxylation sites is 1. The summed E-state index contributed by atoms with van der Waals surface area (Å²) in [4.78, 5) is 13.0. The fourth-order valence-electron chi connectivity index (χ4n) is 3.84. The molecule has 0 saturated carbocycles. The molecule has 1 amide bonds. The van der Waals surface area contributed by atoms with Gasteiger partial charge in [-0.25, -0.2) is 5.01 Å². The minimum Gasteiger partial charge on any atom is -0.284 e. The molecule has 0 radical (unpaired) electrons. The average molecular weight is 431 g/mol. The molecule has 1 unspecified atom stereocenters. The lowest BCUT2D eigenvalue weighted by molar-refractivity contribution is -0.119. The number of rotatable bonds is 4. The van der Waals surface area contributed by atoms with Crippen LogP contribution in [0.1, 0.15) is 43.7 Å². The van der Waals surface area contributed by atoms with E-state index in [0.29, 0.717) is 22.2 Å². The molecule has 2 aromatic carbocycles. The molecular weight excluding hydrogens is 407 g/mol. The second-order valence-electron chi connectivity index (χ2n) is 7.46. The van der Waals surface area contributed by atoms with E-state index in [9.17, 15) is 4.79 Å². The third kappa shape index (κ3) is 4.74. The minimum atomic E-state index is -0.139. The van der Waals surface area contributed by atoms with Gasteiger partial charge in [0.25, 0.3) is 5.91 Å². The van der Waals surface area contributed by atoms with Crippen molar-refractivity contribution in [3.05, 3.63) is 64.1 Å². The summed E-state index contributed by atoms with van der Waals surface area (Å²) in [6, 6.07) is 15.1. The van der Waals surface area contributed by atoms with Gasteiger partial charge in [-0.1, -0.05) is 60.3 Å². The lowest BCUT2D eigenvalue weighted by Gasteiger charge is -2.24. The second-order valence-corrected chi connectivity index (χ2v) is 8.30. The van der Waals surface area contributed by atoms with E-state index in [2.05, 4.69) is 10.5 Å². The van der Waals surface area contributed by atoms with E-state index in [-0.39, 0.29) is 11.9 Å². The number of anilines is 1. The van der Waals surface area contributed by atoms with Crippen molar-refractivity contribution >= 4 is 40.5 Å². The molecule has 29 heavy (non-hydrogen) atoms. The number of nitrogens with zero attached hydrogens (tertiary/aromatic N) is 3. The Balaban J connectivity index is 1.59. The average Bonchev–Trinajstić information content (AvgIpc) is 3.00. The SMILES string of the molecule is O=C(NN1CCCCCC1)C1=NN(c2ccccc2Cl)C(c2ccc(Cl)cc2)C1. The number of carbonyl (C=O) groups is 1. The van der Waals surface area contributed by atoms with Crippen LogP contribution < -0.4 is 10.4 Å². The van der Waals surface area contributed by atoms with E-state index >= 15 is 0 Å². The Morgan fingerprint density at radius 3 is 2.34 bits per heavy atom. The van der Waals surface area contributed by atoms with Gasteiger partial charge in [0.1, 0.15) is 5.71 Å². The van der Waals surface area contributed by atoms with E-state index in [1.54, 1.807) is 0 Å². The fourth-order valence-corrected chi connectivity index (χ4v) is 4.19. The topological polar surface area (TPSA) is 47.9 Å². The molecule has 1 N–H and O–H groups in total. The Morgan fingerprint density at radius 2 is 1.66 bits per heavy atom. The van der Waals surface area contributed by atoms with Crippen molar-refractivity contribution in [2.24, 2.45) is 5.10 Å². The molecule has 4 rings (SSSR count). The molecule has 0 aromatic heterocycles. The maximum Gasteiger partial charge on any atom is 0.281 e. The van der Waals surface area contributed by atoms with Crippen molar-refractivity contribution < 1.29 is 4.79 Å². The third-order valence-electron chi connectivity index (χ3n) is 5.39. The van der Waals surface area contributed by atoms with Gasteiger partial charge in [0.15, 0.2) is 0 Å². The third-order valence-corrected chi connectivity index (χ3v) is 5.96. The van der Waals surface area contributed by atoms with Crippen LogP contribution in [0.15, 0.2) is 53.6 Å². The van der Waals surface area contributed by atoms with Gasteiger partial charge < -0.3 is 0 Å². The minimum absolute atomic E-state index is 0.114. The Hall–Kier alpha value is -2.08. The van der Waals surface area contributed by atoms with Crippen LogP contribution in [0, 0.1) is 0 Å². The predicted octanol–water partition coefficient (Wildman–Crippen LogP) is 5.21. The van der Waals surface area contributed by atoms with E-state index in [1.165, 1.54) is 12.8 Å². The highest BCUT2D eigenvalue weighted by Crippen LogP contribution is 2.38. The van der Waals surface area contributed by atoms with Gasteiger partial charge in [-0.3, -0.25) is 15.2 Å². The van der Waals surface area contributed by atoms with Crippen LogP contribution in [-0.2, 0) is 4.79 Å². The van der Waals surface area contributed by atoms with Crippen LogP contribution in [0.5, 0.6) is 0 Å². The summed E-state index contributed by atoms with van der Waals surface area (Å²) in [6.07, 6.45) is 5.14. The molecule has 2 aromatic rings. The number of hydrogen-bond donors (Lipinski definition) is 1. The molecule has 0 bridgehead atoms. The highest BCUT2D eigenvalue weighted by Gasteiger charge is 2.33. The zero-order chi connectivity index (χ0) is 20.2. The van der Waals surface area contributed by atoms with Gasteiger partial charge in [0, 0.05) is 24.5 Å². The lowest BCUT2D eigenvalue weighted by Crippen LogP contribution is -2.45. The Labute approximate surface area is 181 Å². The van der Waals surface area contributed by atoms with Gasteiger partial charge in [-0.15, -0.1) is 0 Å². The summed E-state index contributed by atoms with van der Waals surface area (Å²) in [5, 5.41) is 9.83. The molecule has 2 aliphatic heterocycles. The number of amides is 1. The number of hydrazone groups is 1. The number of benzene rings is 2. The van der Waals surface area contributed by atoms with Crippen molar-refractivity contribution in [2.45, 2.75) is 38.1 Å². The maximum absolute atomic E-state index is 13.0. The molecule has 0 spiro atoms. The van der Waals surface area contributed by atoms with Gasteiger partial charge in [0.05, 0.1) is 16.8 Å². The van der Waals surface area contributed by atoms with Gasteiger partial charge in [-0.2, -0.15) is 5.10 Å². The maximum atomic E-state index is 13.0. The first-order valence-corrected chi connectivity index (χ1v) is 10.8. The Kier molecular flexibility index (Phi) is 6.38. The van der Waals surface area contributed by atoms with Crippen molar-refractivity contribution in [1.82, 2.24) is 10.4 Å². The van der Waals surface area contributed by atoms with Gasteiger partial charge >= 0.3 is 0 Å². The molecule has 2 aliphatic rings. The fraction of sp³-hybridized carbons (Fsp3) is 0.364. The van der Waals surface area contributed by atoms with Crippen molar-refractivity contribution in [2.75, 3.05) is 18.1 Å². The molecule has 2 heterocycles. The lowest BCUT2D eigenvalue weighted by atomic mass is 10.0. The standard InChI is InChI=1S/C22H24Cl2N4O/c23-17-11-9-16(10-12-17)21-15-19(22(29)26-27-13-5-1-2-6-14-27)25-28(21)20-8-4-3-7-18(20)24/h3-4,7-12,21H,1-2,5-6,13-15H2,(H,26,29). The summed E-state index contributed by atoms with van der Waals surface area (Å²) in [7, 11) is 0. The second kappa shape index (κ2) is 9.16. The zero-order valence-corrected chi connectivity index (χ0v) is 17.7. The zero-order valence-electron chi connectivity index (χ0n) is 16.2. The Morgan fingerprint density at radius 1 is 0.966 bits per heavy atom. The molecule has 152 valence electrons. The molecule has 1 atom stereocenters. The number of hydrazine groups is 1. The summed E-state index contributed by atoms with van der Waals surface area (Å²) < 4.78 is 0. The summed E-state index contributed by atoms with van der Waals surface area (Å²) in [5.41, 5.74) is 5.38. The van der Waals surface area contributed by atoms with Crippen LogP contribution >= 0.6 is 23.2 Å². The first-order valence-electron chi connectivity index (χ1n) is 10.0. The largest absolute Gasteiger partial charge is 0.284 e. The monoisotopic (exact) mass is 430 g/mol. The van der Waals surface area contributed by atoms with E-state index in [0.717, 1.165) is 37.2 Å². The van der Waals surface area contributed by atoms with E-state index in [1.807, 2.05) is 58.5 Å². The van der Waals surface area contributed by atoms with Gasteiger partial charge in [0.2, 0.25) is 0 Å². The highest BCUT2D eigenvalue weighted by molar-refractivity contribution is 6.40. The van der Waals surface area contributed by atoms with E-state index in [4.69, 9.17) is 23.2 Å². The van der Waals surface area contributed by atoms with Crippen LogP contribution in [0.2, 0.25) is 10.0 Å². The van der Waals surface area contributed by atoms with Crippen molar-refractivity contribution in [3.8, 4) is 0 Å². The van der Waals surface area contributed by atoms with Crippen LogP contribution in [0.4, 0.5) is 5.69 Å². The number of hydrogen-bond acceptors (Lipinski definition) is 4. The van der Waals surface area contributed by atoms with E-state index < -0.39 is 0 Å². The molecule has 7 heteroatoms. The highest BCUT2D eigenvalue weighted by atomic mass is 35.5. The normalized spacial score (nSPS) is 20.3. The number of nitrogens with one attached hydrogen (secondary N) is 1. The van der Waals surface area contributed by atoms with Crippen LogP contribution in [0.25, 0.3) is 0 Å². The molecule has 1 fully saturated rings. The number of carbonyl (C=O) groups excluding carboxylic acids is 1. The smallest absolute Gasteiger partial charge is 0.281 e. The van der Waals surface area contributed by atoms with Crippen LogP contribution in [0.3, 0.4) is 0 Å². The molecular formula is C22H24Cl2N4O. The first-order chi connectivity index (χ1) is 14.1. The molecule has 5 nitrogen and oxygen atoms in total.